The Balaban J connectivity index is 2.58. The average Bonchev–Trinajstić information content (AvgIpc) is 2.39. The third-order valence-electron chi connectivity index (χ3n) is 3.08. The molecule has 100 valence electrons. The summed E-state index contributed by atoms with van der Waals surface area (Å²) < 4.78 is 4.80. The fourth-order valence-electron chi connectivity index (χ4n) is 1.84. The third-order valence-corrected chi connectivity index (χ3v) is 3.08. The van der Waals surface area contributed by atoms with Gasteiger partial charge in [-0.1, -0.05) is 45.0 Å². The Morgan fingerprint density at radius 2 is 1.78 bits per heavy atom. The molecule has 0 bridgehead atoms. The second-order valence-corrected chi connectivity index (χ2v) is 4.80. The van der Waals surface area contributed by atoms with Crippen molar-refractivity contribution in [2.45, 2.75) is 39.8 Å². The quantitative estimate of drug-likeness (QED) is 0.787. The zero-order chi connectivity index (χ0) is 13.5. The highest BCUT2D eigenvalue weighted by Crippen LogP contribution is 2.08. The van der Waals surface area contributed by atoms with Crippen molar-refractivity contribution in [3.05, 3.63) is 35.4 Å². The molecule has 0 heterocycles. The van der Waals surface area contributed by atoms with Crippen molar-refractivity contribution in [1.82, 2.24) is 5.32 Å². The van der Waals surface area contributed by atoms with Crippen LogP contribution < -0.4 is 5.32 Å². The number of hydrogen-bond acceptors (Lipinski definition) is 3. The molecule has 0 aliphatic heterocycles. The second kappa shape index (κ2) is 7.17. The van der Waals surface area contributed by atoms with Crippen molar-refractivity contribution in [3.8, 4) is 0 Å². The Kier molecular flexibility index (Phi) is 5.86. The molecule has 1 rings (SSSR count). The normalized spacial score (nSPS) is 12.5. The molecular weight excluding hydrogens is 226 g/mol. The molecule has 1 atom stereocenters. The van der Waals surface area contributed by atoms with E-state index >= 15 is 0 Å². The van der Waals surface area contributed by atoms with Crippen LogP contribution in [0, 0.1) is 5.92 Å². The van der Waals surface area contributed by atoms with Gasteiger partial charge in [-0.15, -0.1) is 0 Å². The molecule has 1 N–H and O–H groups in total. The summed E-state index contributed by atoms with van der Waals surface area (Å²) in [6.07, 6.45) is 1.05. The van der Waals surface area contributed by atoms with Crippen LogP contribution in [0.25, 0.3) is 0 Å². The monoisotopic (exact) mass is 249 g/mol. The molecule has 3 heteroatoms. The minimum Gasteiger partial charge on any atom is -0.468 e. The highest BCUT2D eigenvalue weighted by Gasteiger charge is 2.21. The molecule has 0 spiro atoms. The van der Waals surface area contributed by atoms with Gasteiger partial charge in [0.15, 0.2) is 0 Å². The lowest BCUT2D eigenvalue weighted by atomic mass is 10.0. The number of carbonyl (C=O) groups excluding carboxylic acids is 1. The number of benzene rings is 1. The molecule has 0 saturated heterocycles. The van der Waals surface area contributed by atoms with Crippen molar-refractivity contribution in [3.63, 3.8) is 0 Å². The summed E-state index contributed by atoms with van der Waals surface area (Å²) in [4.78, 5) is 11.6. The Morgan fingerprint density at radius 3 is 2.22 bits per heavy atom. The average molecular weight is 249 g/mol. The molecule has 0 aliphatic carbocycles. The van der Waals surface area contributed by atoms with Crippen molar-refractivity contribution in [1.29, 1.82) is 0 Å². The summed E-state index contributed by atoms with van der Waals surface area (Å²) in [6.45, 7) is 6.84. The van der Waals surface area contributed by atoms with Crippen LogP contribution in [0.15, 0.2) is 24.3 Å². The van der Waals surface area contributed by atoms with Gasteiger partial charge in [-0.25, -0.2) is 0 Å². The number of hydrogen-bond donors (Lipinski definition) is 1. The maximum atomic E-state index is 11.6. The van der Waals surface area contributed by atoms with Crippen LogP contribution in [-0.2, 0) is 22.5 Å². The van der Waals surface area contributed by atoms with Crippen molar-refractivity contribution < 1.29 is 9.53 Å². The van der Waals surface area contributed by atoms with E-state index in [1.54, 1.807) is 0 Å². The molecule has 0 aliphatic rings. The van der Waals surface area contributed by atoms with Gasteiger partial charge in [0, 0.05) is 6.54 Å². The minimum absolute atomic E-state index is 0.199. The van der Waals surface area contributed by atoms with E-state index in [1.165, 1.54) is 18.2 Å². The lowest BCUT2D eigenvalue weighted by Gasteiger charge is -2.19. The molecular formula is C15H23NO2. The Bertz CT molecular complexity index is 371. The van der Waals surface area contributed by atoms with Crippen LogP contribution >= 0.6 is 0 Å². The summed E-state index contributed by atoms with van der Waals surface area (Å²) >= 11 is 0. The summed E-state index contributed by atoms with van der Waals surface area (Å²) in [5.41, 5.74) is 2.51. The number of esters is 1. The van der Waals surface area contributed by atoms with Crippen LogP contribution in [0.2, 0.25) is 0 Å². The Labute approximate surface area is 110 Å². The first-order valence-electron chi connectivity index (χ1n) is 6.47. The van der Waals surface area contributed by atoms with E-state index in [0.29, 0.717) is 6.54 Å². The van der Waals surface area contributed by atoms with E-state index in [4.69, 9.17) is 4.74 Å². The zero-order valence-corrected chi connectivity index (χ0v) is 11.7. The van der Waals surface area contributed by atoms with Gasteiger partial charge in [0.2, 0.25) is 0 Å². The minimum atomic E-state index is -0.249. The molecule has 1 aromatic rings. The summed E-state index contributed by atoms with van der Waals surface area (Å²) in [7, 11) is 1.43. The van der Waals surface area contributed by atoms with Crippen LogP contribution in [0.3, 0.4) is 0 Å². The number of carbonyl (C=O) groups is 1. The number of ether oxygens (including phenoxy) is 1. The van der Waals surface area contributed by atoms with Crippen LogP contribution in [0.4, 0.5) is 0 Å². The molecule has 0 aromatic heterocycles. The highest BCUT2D eigenvalue weighted by molar-refractivity contribution is 5.75. The lowest BCUT2D eigenvalue weighted by Crippen LogP contribution is -2.41. The van der Waals surface area contributed by atoms with Gasteiger partial charge in [0.1, 0.15) is 6.04 Å². The molecule has 0 radical (unpaired) electrons. The Hall–Kier alpha value is -1.35. The van der Waals surface area contributed by atoms with E-state index in [-0.39, 0.29) is 17.9 Å². The zero-order valence-electron chi connectivity index (χ0n) is 11.7. The van der Waals surface area contributed by atoms with Gasteiger partial charge in [0.25, 0.3) is 0 Å². The molecule has 0 saturated carbocycles. The SMILES string of the molecule is CCc1ccc(CN[C@H](C(=O)OC)C(C)C)cc1. The topological polar surface area (TPSA) is 38.3 Å². The van der Waals surface area contributed by atoms with E-state index < -0.39 is 0 Å². The van der Waals surface area contributed by atoms with E-state index in [1.807, 2.05) is 13.8 Å². The van der Waals surface area contributed by atoms with Crippen molar-refractivity contribution in [2.75, 3.05) is 7.11 Å². The largest absolute Gasteiger partial charge is 0.468 e. The lowest BCUT2D eigenvalue weighted by molar-refractivity contribution is -0.144. The number of methoxy groups -OCH3 is 1. The summed E-state index contributed by atoms with van der Waals surface area (Å²) in [6, 6.07) is 8.20. The molecule has 18 heavy (non-hydrogen) atoms. The van der Waals surface area contributed by atoms with Gasteiger partial charge in [0.05, 0.1) is 7.11 Å². The molecule has 0 fully saturated rings. The van der Waals surface area contributed by atoms with E-state index in [2.05, 4.69) is 36.5 Å². The predicted molar refractivity (Wildman–Crippen MR) is 73.3 cm³/mol. The van der Waals surface area contributed by atoms with Crippen LogP contribution in [0.5, 0.6) is 0 Å². The van der Waals surface area contributed by atoms with Gasteiger partial charge in [-0.3, -0.25) is 4.79 Å². The fourth-order valence-corrected chi connectivity index (χ4v) is 1.84. The molecule has 3 nitrogen and oxygen atoms in total. The highest BCUT2D eigenvalue weighted by atomic mass is 16.5. The van der Waals surface area contributed by atoms with Crippen LogP contribution in [-0.4, -0.2) is 19.1 Å². The van der Waals surface area contributed by atoms with Crippen molar-refractivity contribution in [2.24, 2.45) is 5.92 Å². The molecule has 1 aromatic carbocycles. The van der Waals surface area contributed by atoms with Gasteiger partial charge in [-0.05, 0) is 23.5 Å². The first-order valence-corrected chi connectivity index (χ1v) is 6.47. The van der Waals surface area contributed by atoms with E-state index in [0.717, 1.165) is 6.42 Å². The van der Waals surface area contributed by atoms with Crippen molar-refractivity contribution >= 4 is 5.97 Å². The smallest absolute Gasteiger partial charge is 0.323 e. The number of rotatable bonds is 6. The number of aryl methyl sites for hydroxylation is 1. The van der Waals surface area contributed by atoms with Gasteiger partial charge < -0.3 is 10.1 Å². The first-order chi connectivity index (χ1) is 8.58. The maximum Gasteiger partial charge on any atom is 0.323 e. The second-order valence-electron chi connectivity index (χ2n) is 4.80. The third kappa shape index (κ3) is 4.15. The van der Waals surface area contributed by atoms with E-state index in [9.17, 15) is 4.79 Å². The summed E-state index contributed by atoms with van der Waals surface area (Å²) in [5.74, 6) is 0.0162. The fraction of sp³-hybridized carbons (Fsp3) is 0.533. The molecule has 0 amide bonds. The molecule has 0 unspecified atom stereocenters. The van der Waals surface area contributed by atoms with Gasteiger partial charge >= 0.3 is 5.97 Å². The standard InChI is InChI=1S/C15H23NO2/c1-5-12-6-8-13(9-7-12)10-16-14(11(2)3)15(17)18-4/h6-9,11,14,16H,5,10H2,1-4H3/t14-/m0/s1. The maximum absolute atomic E-state index is 11.6. The van der Waals surface area contributed by atoms with Crippen LogP contribution in [0.1, 0.15) is 31.9 Å². The van der Waals surface area contributed by atoms with Gasteiger partial charge in [-0.2, -0.15) is 0 Å². The number of nitrogens with one attached hydrogen (secondary N) is 1. The summed E-state index contributed by atoms with van der Waals surface area (Å²) in [5, 5.41) is 3.25. The Morgan fingerprint density at radius 1 is 1.22 bits per heavy atom. The first kappa shape index (κ1) is 14.7. The predicted octanol–water partition coefficient (Wildman–Crippen LogP) is 2.54.